The summed E-state index contributed by atoms with van der Waals surface area (Å²) in [5.41, 5.74) is 1.25. The highest BCUT2D eigenvalue weighted by Gasteiger charge is 2.29. The first-order chi connectivity index (χ1) is 11.4. The zero-order chi connectivity index (χ0) is 17.6. The van der Waals surface area contributed by atoms with Crippen molar-refractivity contribution in [2.75, 3.05) is 12.9 Å². The number of thioether (sulfide) groups is 1. The Labute approximate surface area is 144 Å². The smallest absolute Gasteiger partial charge is 0.416 e. The van der Waals surface area contributed by atoms with E-state index in [0.717, 1.165) is 41.2 Å². The lowest BCUT2D eigenvalue weighted by Gasteiger charge is -2.06. The molecule has 0 aliphatic rings. The van der Waals surface area contributed by atoms with E-state index in [1.165, 1.54) is 17.0 Å². The summed E-state index contributed by atoms with van der Waals surface area (Å²) < 4.78 is 42.7. The number of alkyl halides is 3. The molecule has 0 heterocycles. The van der Waals surface area contributed by atoms with Crippen LogP contribution in [0.5, 0.6) is 5.75 Å². The van der Waals surface area contributed by atoms with E-state index in [1.54, 1.807) is 18.9 Å². The van der Waals surface area contributed by atoms with Gasteiger partial charge >= 0.3 is 6.18 Å². The van der Waals surface area contributed by atoms with Gasteiger partial charge in [-0.1, -0.05) is 24.3 Å². The summed E-state index contributed by atoms with van der Waals surface area (Å²) in [4.78, 5) is 1.18. The van der Waals surface area contributed by atoms with Crippen LogP contribution >= 0.6 is 11.8 Å². The Balaban J connectivity index is 1.81. The number of rotatable bonds is 6. The molecule has 0 N–H and O–H groups in total. The minimum absolute atomic E-state index is 0.620. The summed E-state index contributed by atoms with van der Waals surface area (Å²) in [7, 11) is 1.65. The van der Waals surface area contributed by atoms with Crippen molar-refractivity contribution in [3.8, 4) is 5.75 Å². The van der Waals surface area contributed by atoms with Gasteiger partial charge in [0, 0.05) is 10.6 Å². The van der Waals surface area contributed by atoms with Crippen LogP contribution in [0.2, 0.25) is 0 Å². The topological polar surface area (TPSA) is 9.23 Å². The highest BCUT2D eigenvalue weighted by molar-refractivity contribution is 7.99. The third kappa shape index (κ3) is 5.34. The number of aryl methyl sites for hydroxylation is 1. The number of ether oxygens (including phenoxy) is 1. The fourth-order valence-corrected chi connectivity index (χ4v) is 3.10. The monoisotopic (exact) mass is 352 g/mol. The van der Waals surface area contributed by atoms with Gasteiger partial charge in [-0.25, -0.2) is 0 Å². The van der Waals surface area contributed by atoms with Gasteiger partial charge in [0.25, 0.3) is 0 Å². The molecule has 0 radical (unpaired) electrons. The van der Waals surface area contributed by atoms with Gasteiger partial charge in [-0.15, -0.1) is 11.8 Å². The van der Waals surface area contributed by atoms with E-state index in [1.807, 2.05) is 31.2 Å². The Morgan fingerprint density at radius 3 is 2.38 bits per heavy atom. The van der Waals surface area contributed by atoms with Gasteiger partial charge in [0.15, 0.2) is 0 Å². The highest BCUT2D eigenvalue weighted by atomic mass is 32.2. The van der Waals surface area contributed by atoms with E-state index >= 15 is 0 Å². The van der Waals surface area contributed by atoms with Crippen LogP contribution in [-0.4, -0.2) is 12.9 Å². The van der Waals surface area contributed by atoms with Crippen molar-refractivity contribution in [2.45, 2.75) is 24.4 Å². The van der Waals surface area contributed by atoms with Crippen LogP contribution in [0.4, 0.5) is 13.2 Å². The maximum atomic E-state index is 12.5. The minimum atomic E-state index is -4.28. The van der Waals surface area contributed by atoms with E-state index in [4.69, 9.17) is 4.74 Å². The number of halogens is 3. The summed E-state index contributed by atoms with van der Waals surface area (Å²) in [5.74, 6) is 1.78. The van der Waals surface area contributed by atoms with E-state index in [0.29, 0.717) is 0 Å². The van der Waals surface area contributed by atoms with Gasteiger partial charge < -0.3 is 4.74 Å². The molecule has 0 aliphatic heterocycles. The van der Waals surface area contributed by atoms with Crippen LogP contribution in [0.1, 0.15) is 23.1 Å². The molecule has 0 aliphatic carbocycles. The molecule has 2 aromatic rings. The van der Waals surface area contributed by atoms with Crippen molar-refractivity contribution >= 4 is 17.8 Å². The Bertz CT molecular complexity index is 691. The van der Waals surface area contributed by atoms with Crippen LogP contribution in [0, 0.1) is 6.92 Å². The van der Waals surface area contributed by atoms with E-state index in [-0.39, 0.29) is 0 Å². The molecule has 0 unspecified atom stereocenters. The van der Waals surface area contributed by atoms with Gasteiger partial charge in [-0.2, -0.15) is 13.2 Å². The molecule has 24 heavy (non-hydrogen) atoms. The SMILES string of the molecule is COc1ccc(SCCC=Cc2ccc(C(F)(F)F)cc2)cc1C. The molecule has 0 fully saturated rings. The first kappa shape index (κ1) is 18.5. The largest absolute Gasteiger partial charge is 0.496 e. The maximum absolute atomic E-state index is 12.5. The van der Waals surface area contributed by atoms with Crippen molar-refractivity contribution in [3.63, 3.8) is 0 Å². The van der Waals surface area contributed by atoms with Gasteiger partial charge in [0.2, 0.25) is 0 Å². The van der Waals surface area contributed by atoms with Crippen molar-refractivity contribution in [3.05, 3.63) is 65.2 Å². The number of allylic oxidation sites excluding steroid dienone is 1. The van der Waals surface area contributed by atoms with Crippen molar-refractivity contribution in [1.82, 2.24) is 0 Å². The third-order valence-electron chi connectivity index (χ3n) is 3.47. The molecular weight excluding hydrogens is 333 g/mol. The third-order valence-corrected chi connectivity index (χ3v) is 4.49. The molecule has 2 rings (SSSR count). The molecular formula is C19H19F3OS. The zero-order valence-electron chi connectivity index (χ0n) is 13.6. The number of benzene rings is 2. The summed E-state index contributed by atoms with van der Waals surface area (Å²) in [6, 6.07) is 11.2. The normalized spacial score (nSPS) is 11.9. The minimum Gasteiger partial charge on any atom is -0.496 e. The van der Waals surface area contributed by atoms with Crippen molar-refractivity contribution in [2.24, 2.45) is 0 Å². The maximum Gasteiger partial charge on any atom is 0.416 e. The Morgan fingerprint density at radius 2 is 1.79 bits per heavy atom. The van der Waals surface area contributed by atoms with Gasteiger partial charge in [-0.3, -0.25) is 0 Å². The molecule has 0 amide bonds. The predicted octanol–water partition coefficient (Wildman–Crippen LogP) is 6.22. The van der Waals surface area contributed by atoms with Crippen LogP contribution in [-0.2, 0) is 6.18 Å². The molecule has 0 aromatic heterocycles. The van der Waals surface area contributed by atoms with Gasteiger partial charge in [0.05, 0.1) is 12.7 Å². The number of methoxy groups -OCH3 is 1. The fourth-order valence-electron chi connectivity index (χ4n) is 2.19. The van der Waals surface area contributed by atoms with Crippen LogP contribution in [0.15, 0.2) is 53.4 Å². The van der Waals surface area contributed by atoms with Crippen LogP contribution in [0.25, 0.3) is 6.08 Å². The fraction of sp³-hybridized carbons (Fsp3) is 0.263. The van der Waals surface area contributed by atoms with Crippen LogP contribution < -0.4 is 4.74 Å². The molecule has 2 aromatic carbocycles. The number of hydrogen-bond acceptors (Lipinski definition) is 2. The number of hydrogen-bond donors (Lipinski definition) is 0. The second-order valence-electron chi connectivity index (χ2n) is 5.29. The predicted molar refractivity (Wildman–Crippen MR) is 93.6 cm³/mol. The Morgan fingerprint density at radius 1 is 1.08 bits per heavy atom. The van der Waals surface area contributed by atoms with Crippen molar-refractivity contribution < 1.29 is 17.9 Å². The Hall–Kier alpha value is -1.88. The first-order valence-corrected chi connectivity index (χ1v) is 8.50. The Kier molecular flexibility index (Phi) is 6.37. The lowest BCUT2D eigenvalue weighted by atomic mass is 10.1. The molecule has 0 spiro atoms. The quantitative estimate of drug-likeness (QED) is 0.451. The van der Waals surface area contributed by atoms with E-state index in [9.17, 15) is 13.2 Å². The summed E-state index contributed by atoms with van der Waals surface area (Å²) in [6.45, 7) is 2.01. The van der Waals surface area contributed by atoms with E-state index < -0.39 is 11.7 Å². The molecule has 0 saturated carbocycles. The van der Waals surface area contributed by atoms with E-state index in [2.05, 4.69) is 6.07 Å². The van der Waals surface area contributed by atoms with Crippen molar-refractivity contribution in [1.29, 1.82) is 0 Å². The van der Waals surface area contributed by atoms with Gasteiger partial charge in [0.1, 0.15) is 5.75 Å². The molecule has 5 heteroatoms. The molecule has 0 saturated heterocycles. The summed E-state index contributed by atoms with van der Waals surface area (Å²) in [5, 5.41) is 0. The average molecular weight is 352 g/mol. The summed E-state index contributed by atoms with van der Waals surface area (Å²) in [6.07, 6.45) is 0.387. The molecule has 0 bridgehead atoms. The zero-order valence-corrected chi connectivity index (χ0v) is 14.4. The van der Waals surface area contributed by atoms with Gasteiger partial charge in [-0.05, 0) is 54.8 Å². The first-order valence-electron chi connectivity index (χ1n) is 7.51. The lowest BCUT2D eigenvalue weighted by Crippen LogP contribution is -2.03. The summed E-state index contributed by atoms with van der Waals surface area (Å²) >= 11 is 1.74. The van der Waals surface area contributed by atoms with Crippen LogP contribution in [0.3, 0.4) is 0 Å². The highest BCUT2D eigenvalue weighted by Crippen LogP contribution is 2.29. The molecule has 0 atom stereocenters. The lowest BCUT2D eigenvalue weighted by molar-refractivity contribution is -0.137. The molecule has 1 nitrogen and oxygen atoms in total. The second kappa shape index (κ2) is 8.29. The standard InChI is InChI=1S/C19H19F3OS/c1-14-13-17(10-11-18(14)23-2)24-12-4-3-5-15-6-8-16(9-7-15)19(20,21)22/h3,5-11,13H,4,12H2,1-2H3. The second-order valence-corrected chi connectivity index (χ2v) is 6.46. The molecule has 128 valence electrons. The average Bonchev–Trinajstić information content (AvgIpc) is 2.54.